The molecule has 1 N–H and O–H groups in total. The van der Waals surface area contributed by atoms with Crippen molar-refractivity contribution in [2.75, 3.05) is 27.2 Å². The van der Waals surface area contributed by atoms with Crippen LogP contribution >= 0.6 is 0 Å². The van der Waals surface area contributed by atoms with Crippen LogP contribution in [0.1, 0.15) is 40.4 Å². The molecule has 0 saturated carbocycles. The molecule has 0 bridgehead atoms. The predicted octanol–water partition coefficient (Wildman–Crippen LogP) is 2.72. The summed E-state index contributed by atoms with van der Waals surface area (Å²) in [5.74, 6) is -0.217. The summed E-state index contributed by atoms with van der Waals surface area (Å²) in [5, 5.41) is 0. The number of nitrogens with one attached hydrogen (secondary N) is 1. The summed E-state index contributed by atoms with van der Waals surface area (Å²) < 4.78 is 27.7. The summed E-state index contributed by atoms with van der Waals surface area (Å²) >= 11 is 0. The van der Waals surface area contributed by atoms with Crippen molar-refractivity contribution in [3.63, 3.8) is 0 Å². The Labute approximate surface area is 185 Å². The van der Waals surface area contributed by atoms with Gasteiger partial charge in [-0.3, -0.25) is 9.59 Å². The van der Waals surface area contributed by atoms with E-state index in [0.717, 1.165) is 11.1 Å². The highest BCUT2D eigenvalue weighted by Crippen LogP contribution is 2.16. The van der Waals surface area contributed by atoms with Crippen LogP contribution < -0.4 is 4.72 Å². The van der Waals surface area contributed by atoms with E-state index in [4.69, 9.17) is 0 Å². The van der Waals surface area contributed by atoms with Crippen LogP contribution in [-0.4, -0.2) is 57.2 Å². The summed E-state index contributed by atoms with van der Waals surface area (Å²) in [4.78, 5) is 28.0. The van der Waals surface area contributed by atoms with E-state index in [1.54, 1.807) is 50.2 Å². The lowest BCUT2D eigenvalue weighted by Crippen LogP contribution is -2.34. The van der Waals surface area contributed by atoms with E-state index in [1.165, 1.54) is 4.90 Å². The van der Waals surface area contributed by atoms with E-state index in [-0.39, 0.29) is 29.7 Å². The molecule has 8 heteroatoms. The highest BCUT2D eigenvalue weighted by Gasteiger charge is 2.18. The Morgan fingerprint density at radius 1 is 1.00 bits per heavy atom. The average Bonchev–Trinajstić information content (AvgIpc) is 2.73. The van der Waals surface area contributed by atoms with Crippen LogP contribution in [0.3, 0.4) is 0 Å². The fraction of sp³-hybridized carbons (Fsp3) is 0.391. The van der Waals surface area contributed by atoms with Crippen molar-refractivity contribution in [3.8, 4) is 0 Å². The number of hydrogen-bond acceptors (Lipinski definition) is 4. The Morgan fingerprint density at radius 3 is 2.23 bits per heavy atom. The van der Waals surface area contributed by atoms with E-state index in [1.807, 2.05) is 32.0 Å². The lowest BCUT2D eigenvalue weighted by molar-refractivity contribution is -0.131. The van der Waals surface area contributed by atoms with Gasteiger partial charge in [-0.1, -0.05) is 24.3 Å². The van der Waals surface area contributed by atoms with Gasteiger partial charge in [-0.05, 0) is 55.7 Å². The lowest BCUT2D eigenvalue weighted by atomic mass is 10.1. The molecule has 0 saturated heterocycles. The summed E-state index contributed by atoms with van der Waals surface area (Å²) in [7, 11) is -0.284. The van der Waals surface area contributed by atoms with Crippen LogP contribution in [0, 0.1) is 13.8 Å². The zero-order valence-electron chi connectivity index (χ0n) is 18.8. The van der Waals surface area contributed by atoms with Crippen molar-refractivity contribution in [1.29, 1.82) is 0 Å². The molecular formula is C23H31N3O4S. The fourth-order valence-corrected chi connectivity index (χ4v) is 4.49. The Bertz CT molecular complexity index is 1030. The Hall–Kier alpha value is -2.71. The molecule has 7 nitrogen and oxygen atoms in total. The number of benzene rings is 2. The van der Waals surface area contributed by atoms with Crippen molar-refractivity contribution in [3.05, 3.63) is 64.7 Å². The Kier molecular flexibility index (Phi) is 8.36. The molecule has 0 aliphatic rings. The first-order chi connectivity index (χ1) is 14.5. The molecule has 0 atom stereocenters. The highest BCUT2D eigenvalue weighted by atomic mass is 32.2. The number of nitrogens with zero attached hydrogens (tertiary/aromatic N) is 2. The molecular weight excluding hydrogens is 414 g/mol. The van der Waals surface area contributed by atoms with Crippen LogP contribution in [0.2, 0.25) is 0 Å². The second-order valence-electron chi connectivity index (χ2n) is 7.72. The van der Waals surface area contributed by atoms with E-state index >= 15 is 0 Å². The van der Waals surface area contributed by atoms with Crippen molar-refractivity contribution in [1.82, 2.24) is 14.5 Å². The Morgan fingerprint density at radius 2 is 1.65 bits per heavy atom. The molecule has 0 unspecified atom stereocenters. The molecule has 2 rings (SSSR count). The van der Waals surface area contributed by atoms with Gasteiger partial charge in [0.25, 0.3) is 5.91 Å². The highest BCUT2D eigenvalue weighted by molar-refractivity contribution is 7.89. The zero-order valence-corrected chi connectivity index (χ0v) is 19.6. The van der Waals surface area contributed by atoms with E-state index in [0.29, 0.717) is 24.2 Å². The monoisotopic (exact) mass is 445 g/mol. The van der Waals surface area contributed by atoms with Gasteiger partial charge in [-0.25, -0.2) is 13.1 Å². The van der Waals surface area contributed by atoms with Gasteiger partial charge in [0.1, 0.15) is 0 Å². The topological polar surface area (TPSA) is 86.8 Å². The standard InChI is InChI=1S/C23H31N3O4S/c1-6-26(16-19-9-11-20(12-10-19)23(28)25(4)5)22(27)13-14-24-31(29,30)21-15-17(2)7-8-18(21)3/h7-12,15,24H,6,13-14,16H2,1-5H3. The lowest BCUT2D eigenvalue weighted by Gasteiger charge is -2.21. The van der Waals surface area contributed by atoms with Crippen LogP contribution in [0.15, 0.2) is 47.4 Å². The van der Waals surface area contributed by atoms with Gasteiger partial charge < -0.3 is 9.80 Å². The minimum atomic E-state index is -3.68. The molecule has 2 amide bonds. The number of carbonyl (C=O) groups excluding carboxylic acids is 2. The summed E-state index contributed by atoms with van der Waals surface area (Å²) in [6.07, 6.45) is 0.0646. The van der Waals surface area contributed by atoms with Crippen LogP contribution in [0.4, 0.5) is 0 Å². The second kappa shape index (κ2) is 10.5. The van der Waals surface area contributed by atoms with Gasteiger partial charge in [0.05, 0.1) is 4.90 Å². The van der Waals surface area contributed by atoms with Gasteiger partial charge in [-0.2, -0.15) is 0 Å². The molecule has 0 aromatic heterocycles. The Balaban J connectivity index is 1.96. The quantitative estimate of drug-likeness (QED) is 0.643. The largest absolute Gasteiger partial charge is 0.345 e. The molecule has 2 aromatic carbocycles. The van der Waals surface area contributed by atoms with Crippen molar-refractivity contribution >= 4 is 21.8 Å². The van der Waals surface area contributed by atoms with Crippen molar-refractivity contribution < 1.29 is 18.0 Å². The van der Waals surface area contributed by atoms with Gasteiger partial charge in [0, 0.05) is 45.7 Å². The average molecular weight is 446 g/mol. The first-order valence-corrected chi connectivity index (χ1v) is 11.7. The first-order valence-electron chi connectivity index (χ1n) is 10.2. The van der Waals surface area contributed by atoms with E-state index in [2.05, 4.69) is 4.72 Å². The SMILES string of the molecule is CCN(Cc1ccc(C(=O)N(C)C)cc1)C(=O)CCNS(=O)(=O)c1cc(C)ccc1C. The van der Waals surface area contributed by atoms with Crippen LogP contribution in [0.25, 0.3) is 0 Å². The number of hydrogen-bond donors (Lipinski definition) is 1. The molecule has 2 aromatic rings. The third-order valence-electron chi connectivity index (χ3n) is 4.98. The zero-order chi connectivity index (χ0) is 23.2. The van der Waals surface area contributed by atoms with Crippen LogP contribution in [-0.2, 0) is 21.4 Å². The van der Waals surface area contributed by atoms with Gasteiger partial charge in [0.15, 0.2) is 0 Å². The summed E-state index contributed by atoms with van der Waals surface area (Å²) in [6.45, 7) is 6.39. The third kappa shape index (κ3) is 6.63. The maximum absolute atomic E-state index is 12.6. The van der Waals surface area contributed by atoms with E-state index in [9.17, 15) is 18.0 Å². The molecule has 0 aliphatic carbocycles. The minimum Gasteiger partial charge on any atom is -0.345 e. The van der Waals surface area contributed by atoms with E-state index < -0.39 is 10.0 Å². The first kappa shape index (κ1) is 24.6. The number of sulfonamides is 1. The minimum absolute atomic E-state index is 0.0291. The molecule has 0 heterocycles. The predicted molar refractivity (Wildman–Crippen MR) is 121 cm³/mol. The van der Waals surface area contributed by atoms with Gasteiger partial charge in [0.2, 0.25) is 15.9 Å². The normalized spacial score (nSPS) is 11.3. The summed E-state index contributed by atoms with van der Waals surface area (Å²) in [5.41, 5.74) is 3.01. The molecule has 0 aliphatic heterocycles. The fourth-order valence-electron chi connectivity index (χ4n) is 3.13. The van der Waals surface area contributed by atoms with Crippen LogP contribution in [0.5, 0.6) is 0 Å². The maximum atomic E-state index is 12.6. The molecule has 168 valence electrons. The van der Waals surface area contributed by atoms with Gasteiger partial charge >= 0.3 is 0 Å². The number of rotatable bonds is 9. The number of amides is 2. The summed E-state index contributed by atoms with van der Waals surface area (Å²) in [6, 6.07) is 12.4. The molecule has 0 radical (unpaired) electrons. The smallest absolute Gasteiger partial charge is 0.253 e. The number of carbonyl (C=O) groups is 2. The second-order valence-corrected chi connectivity index (χ2v) is 9.46. The van der Waals surface area contributed by atoms with Crippen molar-refractivity contribution in [2.45, 2.75) is 38.6 Å². The van der Waals surface area contributed by atoms with Crippen molar-refractivity contribution in [2.24, 2.45) is 0 Å². The number of aryl methyl sites for hydroxylation is 2. The van der Waals surface area contributed by atoms with Gasteiger partial charge in [-0.15, -0.1) is 0 Å². The molecule has 0 fully saturated rings. The molecule has 31 heavy (non-hydrogen) atoms. The third-order valence-corrected chi connectivity index (χ3v) is 6.58. The molecule has 0 spiro atoms. The maximum Gasteiger partial charge on any atom is 0.253 e.